The van der Waals surface area contributed by atoms with Gasteiger partial charge in [0.05, 0.1) is 0 Å². The molecule has 2 aliphatic rings. The monoisotopic (exact) mass is 319 g/mol. The summed E-state index contributed by atoms with van der Waals surface area (Å²) < 4.78 is 16.0. The zero-order valence-electron chi connectivity index (χ0n) is 11.6. The topological polar surface area (TPSA) is 82.6 Å². The van der Waals surface area contributed by atoms with Crippen molar-refractivity contribution in [2.75, 3.05) is 18.7 Å². The van der Waals surface area contributed by atoms with E-state index in [0.717, 1.165) is 24.2 Å². The second-order valence-corrected chi connectivity index (χ2v) is 5.95. The Morgan fingerprint density at radius 3 is 3.05 bits per heavy atom. The van der Waals surface area contributed by atoms with E-state index >= 15 is 0 Å². The van der Waals surface area contributed by atoms with Crippen molar-refractivity contribution >= 4 is 22.4 Å². The van der Waals surface area contributed by atoms with E-state index in [2.05, 4.69) is 15.5 Å². The Morgan fingerprint density at radius 1 is 1.27 bits per heavy atom. The van der Waals surface area contributed by atoms with Crippen LogP contribution in [0.4, 0.5) is 5.13 Å². The Kier molecular flexibility index (Phi) is 3.39. The van der Waals surface area contributed by atoms with Gasteiger partial charge in [-0.2, -0.15) is 0 Å². The fraction of sp³-hybridized carbons (Fsp3) is 0.357. The summed E-state index contributed by atoms with van der Waals surface area (Å²) in [5.74, 6) is 1.25. The average Bonchev–Trinajstić information content (AvgIpc) is 3.27. The third-order valence-corrected chi connectivity index (χ3v) is 4.38. The fourth-order valence-electron chi connectivity index (χ4n) is 2.39. The van der Waals surface area contributed by atoms with Gasteiger partial charge in [0.25, 0.3) is 5.91 Å². The maximum absolute atomic E-state index is 12.0. The standard InChI is InChI=1S/C14H13N3O4S/c18-12(10-2-1-5-19-10)15-14-17-16-13(22-14)8-3-4-9-11(6-8)21-7-20-9/h3-4,6,10H,1-2,5,7H2,(H,15,17,18). The van der Waals surface area contributed by atoms with Crippen LogP contribution in [0.1, 0.15) is 12.8 Å². The van der Waals surface area contributed by atoms with Crippen molar-refractivity contribution in [3.63, 3.8) is 0 Å². The zero-order chi connectivity index (χ0) is 14.9. The molecule has 1 saturated heterocycles. The summed E-state index contributed by atoms with van der Waals surface area (Å²) in [5, 5.41) is 12.0. The summed E-state index contributed by atoms with van der Waals surface area (Å²) >= 11 is 1.31. The average molecular weight is 319 g/mol. The molecule has 22 heavy (non-hydrogen) atoms. The largest absolute Gasteiger partial charge is 0.454 e. The summed E-state index contributed by atoms with van der Waals surface area (Å²) in [6.07, 6.45) is 1.29. The highest BCUT2D eigenvalue weighted by Gasteiger charge is 2.24. The molecular weight excluding hydrogens is 306 g/mol. The molecule has 2 aromatic rings. The number of carbonyl (C=O) groups excluding carboxylic acids is 1. The molecule has 3 heterocycles. The smallest absolute Gasteiger partial charge is 0.255 e. The van der Waals surface area contributed by atoms with E-state index < -0.39 is 0 Å². The van der Waals surface area contributed by atoms with Gasteiger partial charge in [-0.05, 0) is 31.0 Å². The number of hydrogen-bond acceptors (Lipinski definition) is 7. The highest BCUT2D eigenvalue weighted by atomic mass is 32.1. The fourth-order valence-corrected chi connectivity index (χ4v) is 3.13. The van der Waals surface area contributed by atoms with Crippen molar-refractivity contribution in [1.82, 2.24) is 10.2 Å². The molecule has 1 N–H and O–H groups in total. The number of aromatic nitrogens is 2. The second kappa shape index (κ2) is 5.54. The van der Waals surface area contributed by atoms with E-state index in [1.54, 1.807) is 0 Å². The van der Waals surface area contributed by atoms with E-state index in [1.807, 2.05) is 18.2 Å². The number of rotatable bonds is 3. The SMILES string of the molecule is O=C(Nc1nnc(-c2ccc3c(c2)OCO3)s1)C1CCCO1. The van der Waals surface area contributed by atoms with Crippen molar-refractivity contribution in [2.45, 2.75) is 18.9 Å². The van der Waals surface area contributed by atoms with Gasteiger partial charge in [-0.3, -0.25) is 10.1 Å². The Bertz CT molecular complexity index is 712. The lowest BCUT2D eigenvalue weighted by Gasteiger charge is -2.07. The van der Waals surface area contributed by atoms with Gasteiger partial charge in [-0.15, -0.1) is 10.2 Å². The first-order chi connectivity index (χ1) is 10.8. The lowest BCUT2D eigenvalue weighted by Crippen LogP contribution is -2.26. The van der Waals surface area contributed by atoms with E-state index in [1.165, 1.54) is 11.3 Å². The molecule has 0 radical (unpaired) electrons. The summed E-state index contributed by atoms with van der Waals surface area (Å²) in [7, 11) is 0. The lowest BCUT2D eigenvalue weighted by molar-refractivity contribution is -0.124. The number of hydrogen-bond donors (Lipinski definition) is 1. The van der Waals surface area contributed by atoms with Crippen LogP contribution in [0.3, 0.4) is 0 Å². The molecule has 1 aromatic carbocycles. The first-order valence-electron chi connectivity index (χ1n) is 6.95. The zero-order valence-corrected chi connectivity index (χ0v) is 12.4. The molecule has 0 spiro atoms. The van der Waals surface area contributed by atoms with Crippen molar-refractivity contribution in [3.05, 3.63) is 18.2 Å². The van der Waals surface area contributed by atoms with E-state index in [9.17, 15) is 4.79 Å². The van der Waals surface area contributed by atoms with Gasteiger partial charge in [0, 0.05) is 12.2 Å². The van der Waals surface area contributed by atoms with E-state index in [-0.39, 0.29) is 18.8 Å². The molecule has 1 unspecified atom stereocenters. The predicted octanol–water partition coefficient (Wildman–Crippen LogP) is 2.05. The number of amides is 1. The maximum atomic E-state index is 12.0. The maximum Gasteiger partial charge on any atom is 0.255 e. The molecule has 1 fully saturated rings. The van der Waals surface area contributed by atoms with Crippen LogP contribution >= 0.6 is 11.3 Å². The van der Waals surface area contributed by atoms with Gasteiger partial charge in [0.2, 0.25) is 11.9 Å². The van der Waals surface area contributed by atoms with Gasteiger partial charge in [0.15, 0.2) is 11.5 Å². The summed E-state index contributed by atoms with van der Waals surface area (Å²) in [5.41, 5.74) is 0.874. The summed E-state index contributed by atoms with van der Waals surface area (Å²) in [6, 6.07) is 5.58. The highest BCUT2D eigenvalue weighted by molar-refractivity contribution is 7.18. The number of fused-ring (bicyclic) bond motifs is 1. The number of nitrogens with one attached hydrogen (secondary N) is 1. The summed E-state index contributed by atoms with van der Waals surface area (Å²) in [4.78, 5) is 12.0. The van der Waals surface area contributed by atoms with Crippen molar-refractivity contribution in [2.24, 2.45) is 0 Å². The lowest BCUT2D eigenvalue weighted by atomic mass is 10.2. The number of benzene rings is 1. The molecule has 7 nitrogen and oxygen atoms in total. The normalized spacial score (nSPS) is 19.4. The third-order valence-electron chi connectivity index (χ3n) is 3.50. The molecule has 2 aliphatic heterocycles. The molecule has 0 aliphatic carbocycles. The van der Waals surface area contributed by atoms with Gasteiger partial charge in [0.1, 0.15) is 11.1 Å². The molecule has 8 heteroatoms. The molecule has 114 valence electrons. The predicted molar refractivity (Wildman–Crippen MR) is 79.1 cm³/mol. The van der Waals surface area contributed by atoms with Crippen LogP contribution in [-0.4, -0.2) is 35.6 Å². The highest BCUT2D eigenvalue weighted by Crippen LogP contribution is 2.37. The Hall–Kier alpha value is -2.19. The molecule has 4 rings (SSSR count). The van der Waals surface area contributed by atoms with Gasteiger partial charge in [-0.1, -0.05) is 11.3 Å². The van der Waals surface area contributed by atoms with Gasteiger partial charge in [-0.25, -0.2) is 0 Å². The molecule has 1 atom stereocenters. The quantitative estimate of drug-likeness (QED) is 0.932. The first kappa shape index (κ1) is 13.5. The molecule has 0 bridgehead atoms. The van der Waals surface area contributed by atoms with E-state index in [4.69, 9.17) is 14.2 Å². The third kappa shape index (κ3) is 2.51. The molecule has 1 amide bonds. The Morgan fingerprint density at radius 2 is 2.18 bits per heavy atom. The van der Waals surface area contributed by atoms with Crippen LogP contribution in [0.25, 0.3) is 10.6 Å². The first-order valence-corrected chi connectivity index (χ1v) is 7.77. The molecule has 0 saturated carbocycles. The Labute approximate surface area is 130 Å². The molecular formula is C14H13N3O4S. The minimum absolute atomic E-state index is 0.161. The minimum Gasteiger partial charge on any atom is -0.454 e. The van der Waals surface area contributed by atoms with Crippen LogP contribution in [-0.2, 0) is 9.53 Å². The number of nitrogens with zero attached hydrogens (tertiary/aromatic N) is 2. The van der Waals surface area contributed by atoms with Crippen LogP contribution in [0.15, 0.2) is 18.2 Å². The van der Waals surface area contributed by atoms with E-state index in [0.29, 0.717) is 22.5 Å². The summed E-state index contributed by atoms with van der Waals surface area (Å²) in [6.45, 7) is 0.869. The van der Waals surface area contributed by atoms with Crippen LogP contribution < -0.4 is 14.8 Å². The Balaban J connectivity index is 1.50. The minimum atomic E-state index is -0.377. The molecule has 1 aromatic heterocycles. The second-order valence-electron chi connectivity index (χ2n) is 4.97. The van der Waals surface area contributed by atoms with Crippen molar-refractivity contribution in [1.29, 1.82) is 0 Å². The van der Waals surface area contributed by atoms with Crippen molar-refractivity contribution < 1.29 is 19.0 Å². The number of carbonyl (C=O) groups is 1. The van der Waals surface area contributed by atoms with Crippen LogP contribution in [0.5, 0.6) is 11.5 Å². The number of anilines is 1. The number of ether oxygens (including phenoxy) is 3. The van der Waals surface area contributed by atoms with Crippen LogP contribution in [0, 0.1) is 0 Å². The van der Waals surface area contributed by atoms with Gasteiger partial charge < -0.3 is 14.2 Å². The van der Waals surface area contributed by atoms with Crippen molar-refractivity contribution in [3.8, 4) is 22.1 Å². The van der Waals surface area contributed by atoms with Gasteiger partial charge >= 0.3 is 0 Å². The van der Waals surface area contributed by atoms with Crippen LogP contribution in [0.2, 0.25) is 0 Å².